The Bertz CT molecular complexity index is 390. The lowest BCUT2D eigenvalue weighted by atomic mass is 9.95. The highest BCUT2D eigenvalue weighted by Crippen LogP contribution is 2.40. The van der Waals surface area contributed by atoms with E-state index in [9.17, 15) is 5.11 Å². The summed E-state index contributed by atoms with van der Waals surface area (Å²) in [4.78, 5) is 0. The molecular weight excluding hydrogens is 220 g/mol. The van der Waals surface area contributed by atoms with Crippen LogP contribution in [-0.4, -0.2) is 17.5 Å². The van der Waals surface area contributed by atoms with Gasteiger partial charge in [0.15, 0.2) is 0 Å². The molecule has 0 amide bonds. The minimum atomic E-state index is -0.352. The zero-order valence-electron chi connectivity index (χ0n) is 9.99. The van der Waals surface area contributed by atoms with E-state index in [-0.39, 0.29) is 6.10 Å². The van der Waals surface area contributed by atoms with Crippen LogP contribution in [0.1, 0.15) is 36.1 Å². The predicted molar refractivity (Wildman–Crippen MR) is 68.1 cm³/mol. The van der Waals surface area contributed by atoms with Crippen molar-refractivity contribution in [1.82, 2.24) is 0 Å². The van der Waals surface area contributed by atoms with Gasteiger partial charge in [-0.15, -0.1) is 0 Å². The van der Waals surface area contributed by atoms with E-state index in [4.69, 9.17) is 4.74 Å². The van der Waals surface area contributed by atoms with Crippen LogP contribution in [-0.2, 0) is 5.75 Å². The van der Waals surface area contributed by atoms with Gasteiger partial charge >= 0.3 is 0 Å². The number of hydrogen-bond acceptors (Lipinski definition) is 3. The number of aryl methyl sites for hydroxylation is 1. The van der Waals surface area contributed by atoms with Crippen LogP contribution in [0.2, 0.25) is 0 Å². The summed E-state index contributed by atoms with van der Waals surface area (Å²) in [5.74, 6) is 1.83. The number of benzene rings is 1. The van der Waals surface area contributed by atoms with Gasteiger partial charge in [-0.05, 0) is 30.5 Å². The van der Waals surface area contributed by atoms with E-state index >= 15 is 0 Å². The highest BCUT2D eigenvalue weighted by Gasteiger charge is 2.24. The number of hydrogen-bond donors (Lipinski definition) is 1. The van der Waals surface area contributed by atoms with Crippen LogP contribution in [0, 0.1) is 6.92 Å². The molecule has 0 radical (unpaired) electrons. The van der Waals surface area contributed by atoms with Gasteiger partial charge in [0.1, 0.15) is 5.75 Å². The molecule has 1 aromatic rings. The summed E-state index contributed by atoms with van der Waals surface area (Å²) >= 11 is 1.88. The van der Waals surface area contributed by atoms with Crippen LogP contribution in [0.3, 0.4) is 0 Å². The molecule has 0 saturated carbocycles. The maximum absolute atomic E-state index is 10.2. The third kappa shape index (κ3) is 2.06. The van der Waals surface area contributed by atoms with E-state index in [1.165, 1.54) is 5.56 Å². The largest absolute Gasteiger partial charge is 0.496 e. The van der Waals surface area contributed by atoms with E-state index in [0.29, 0.717) is 5.25 Å². The Morgan fingerprint density at radius 1 is 1.44 bits per heavy atom. The predicted octanol–water partition coefficient (Wildman–Crippen LogP) is 3.06. The first kappa shape index (κ1) is 11.8. The molecule has 16 heavy (non-hydrogen) atoms. The molecule has 0 aromatic heterocycles. The Balaban J connectivity index is 2.52. The van der Waals surface area contributed by atoms with Crippen molar-refractivity contribution >= 4 is 11.8 Å². The van der Waals surface area contributed by atoms with Crippen molar-refractivity contribution in [2.45, 2.75) is 37.4 Å². The number of methoxy groups -OCH3 is 1. The highest BCUT2D eigenvalue weighted by atomic mass is 32.2. The number of aliphatic hydroxyl groups is 1. The van der Waals surface area contributed by atoms with E-state index in [2.05, 4.69) is 13.8 Å². The van der Waals surface area contributed by atoms with Crippen LogP contribution in [0.4, 0.5) is 0 Å². The van der Waals surface area contributed by atoms with Crippen molar-refractivity contribution in [1.29, 1.82) is 0 Å². The number of thioether (sulfide) groups is 1. The molecular formula is C13H18O2S. The van der Waals surface area contributed by atoms with E-state index < -0.39 is 0 Å². The highest BCUT2D eigenvalue weighted by molar-refractivity contribution is 7.99. The van der Waals surface area contributed by atoms with Crippen LogP contribution in [0.15, 0.2) is 12.1 Å². The van der Waals surface area contributed by atoms with Gasteiger partial charge in [-0.3, -0.25) is 0 Å². The fraction of sp³-hybridized carbons (Fsp3) is 0.538. The molecule has 88 valence electrons. The molecule has 0 fully saturated rings. The topological polar surface area (TPSA) is 29.5 Å². The number of rotatable bonds is 1. The summed E-state index contributed by atoms with van der Waals surface area (Å²) in [6.45, 7) is 4.23. The summed E-state index contributed by atoms with van der Waals surface area (Å²) in [5, 5.41) is 10.7. The minimum Gasteiger partial charge on any atom is -0.496 e. The fourth-order valence-electron chi connectivity index (χ4n) is 2.29. The van der Waals surface area contributed by atoms with Crippen LogP contribution in [0.25, 0.3) is 0 Å². The van der Waals surface area contributed by atoms with Crippen molar-refractivity contribution in [2.24, 2.45) is 0 Å². The number of aliphatic hydroxyl groups excluding tert-OH is 1. The molecule has 1 aromatic carbocycles. The summed E-state index contributed by atoms with van der Waals surface area (Å²) in [7, 11) is 1.69. The summed E-state index contributed by atoms with van der Waals surface area (Å²) in [5.41, 5.74) is 3.42. The molecule has 0 saturated heterocycles. The van der Waals surface area contributed by atoms with Crippen molar-refractivity contribution in [3.63, 3.8) is 0 Å². The van der Waals surface area contributed by atoms with Crippen molar-refractivity contribution in [3.8, 4) is 5.75 Å². The van der Waals surface area contributed by atoms with Gasteiger partial charge in [0.2, 0.25) is 0 Å². The van der Waals surface area contributed by atoms with Crippen LogP contribution in [0.5, 0.6) is 5.75 Å². The molecule has 0 spiro atoms. The average Bonchev–Trinajstić information content (AvgIpc) is 2.39. The van der Waals surface area contributed by atoms with Crippen LogP contribution >= 0.6 is 11.8 Å². The van der Waals surface area contributed by atoms with E-state index in [0.717, 1.165) is 29.1 Å². The first-order valence-electron chi connectivity index (χ1n) is 5.59. The fourth-order valence-corrected chi connectivity index (χ4v) is 3.36. The van der Waals surface area contributed by atoms with Crippen molar-refractivity contribution < 1.29 is 9.84 Å². The number of ether oxygens (including phenoxy) is 1. The van der Waals surface area contributed by atoms with Gasteiger partial charge < -0.3 is 9.84 Å². The molecule has 1 heterocycles. The van der Waals surface area contributed by atoms with Gasteiger partial charge in [-0.1, -0.05) is 13.0 Å². The van der Waals surface area contributed by atoms with Crippen molar-refractivity contribution in [2.75, 3.05) is 7.11 Å². The Hall–Kier alpha value is -0.670. The lowest BCUT2D eigenvalue weighted by Gasteiger charge is -2.17. The van der Waals surface area contributed by atoms with E-state index in [1.807, 2.05) is 23.9 Å². The molecule has 0 aliphatic carbocycles. The van der Waals surface area contributed by atoms with Gasteiger partial charge in [0.25, 0.3) is 0 Å². The Kier molecular flexibility index (Phi) is 3.45. The average molecular weight is 238 g/mol. The molecule has 3 heteroatoms. The first-order valence-corrected chi connectivity index (χ1v) is 6.64. The maximum atomic E-state index is 10.2. The Morgan fingerprint density at radius 3 is 2.88 bits per heavy atom. The monoisotopic (exact) mass is 238 g/mol. The van der Waals surface area contributed by atoms with Gasteiger partial charge in [0, 0.05) is 16.6 Å². The Labute approximate surface area is 101 Å². The van der Waals surface area contributed by atoms with Gasteiger partial charge in [0.05, 0.1) is 13.2 Å². The van der Waals surface area contributed by atoms with E-state index in [1.54, 1.807) is 7.11 Å². The molecule has 2 nitrogen and oxygen atoms in total. The normalized spacial score (nSPS) is 24.8. The quantitative estimate of drug-likeness (QED) is 0.815. The van der Waals surface area contributed by atoms with Crippen molar-refractivity contribution in [3.05, 3.63) is 28.8 Å². The second kappa shape index (κ2) is 4.68. The molecule has 0 bridgehead atoms. The maximum Gasteiger partial charge on any atom is 0.123 e. The summed E-state index contributed by atoms with van der Waals surface area (Å²) < 4.78 is 5.38. The molecule has 1 aliphatic heterocycles. The summed E-state index contributed by atoms with van der Waals surface area (Å²) in [6.07, 6.45) is 0.473. The molecule has 2 atom stereocenters. The minimum absolute atomic E-state index is 0.352. The lowest BCUT2D eigenvalue weighted by molar-refractivity contribution is 0.167. The zero-order chi connectivity index (χ0) is 11.7. The second-order valence-corrected chi connectivity index (χ2v) is 5.78. The molecule has 1 aliphatic rings. The Morgan fingerprint density at radius 2 is 2.19 bits per heavy atom. The molecule has 2 rings (SSSR count). The lowest BCUT2D eigenvalue weighted by Crippen LogP contribution is -2.06. The third-order valence-electron chi connectivity index (χ3n) is 3.15. The van der Waals surface area contributed by atoms with Crippen LogP contribution < -0.4 is 4.74 Å². The third-order valence-corrected chi connectivity index (χ3v) is 4.37. The SMILES string of the molecule is COc1ccc(C)c2c1CSC(C)C[C@@H]2O. The smallest absolute Gasteiger partial charge is 0.123 e. The molecule has 1 N–H and O–H groups in total. The summed E-state index contributed by atoms with van der Waals surface area (Å²) in [6, 6.07) is 4.03. The first-order chi connectivity index (χ1) is 7.63. The van der Waals surface area contributed by atoms with Gasteiger partial charge in [-0.25, -0.2) is 0 Å². The zero-order valence-corrected chi connectivity index (χ0v) is 10.8. The number of fused-ring (bicyclic) bond motifs is 1. The second-order valence-electron chi connectivity index (χ2n) is 4.35. The molecule has 1 unspecified atom stereocenters. The van der Waals surface area contributed by atoms with Gasteiger partial charge in [-0.2, -0.15) is 11.8 Å². The standard InChI is InChI=1S/C13H18O2S/c1-8-4-5-12(15-3)10-7-16-9(2)6-11(14)13(8)10/h4-5,9,11,14H,6-7H2,1-3H3/t9?,11-/m0/s1.